The summed E-state index contributed by atoms with van der Waals surface area (Å²) in [5.74, 6) is 0.661. The average molecular weight is 394 g/mol. The van der Waals surface area contributed by atoms with Crippen molar-refractivity contribution in [2.75, 3.05) is 23.9 Å². The smallest absolute Gasteiger partial charge is 0.319 e. The molecule has 0 saturated carbocycles. The van der Waals surface area contributed by atoms with Crippen molar-refractivity contribution in [3.05, 3.63) is 52.5 Å². The number of nitrogens with one attached hydrogen (secondary N) is 2. The van der Waals surface area contributed by atoms with E-state index in [0.717, 1.165) is 5.69 Å². The number of hydrogen-bond donors (Lipinski definition) is 2. The van der Waals surface area contributed by atoms with Gasteiger partial charge in [0.2, 0.25) is 5.91 Å². The number of urea groups is 1. The molecule has 1 atom stereocenters. The van der Waals surface area contributed by atoms with Crippen LogP contribution in [0.3, 0.4) is 0 Å². The lowest BCUT2D eigenvalue weighted by atomic mass is 10.2. The quantitative estimate of drug-likeness (QED) is 0.826. The summed E-state index contributed by atoms with van der Waals surface area (Å²) in [6, 6.07) is 11.3. The molecule has 1 aliphatic rings. The first-order chi connectivity index (χ1) is 12.5. The third-order valence-corrected chi connectivity index (χ3v) is 4.59. The van der Waals surface area contributed by atoms with Gasteiger partial charge in [-0.05, 0) is 42.5 Å². The number of carbonyl (C=O) groups excluding carboxylic acids is 2. The minimum absolute atomic E-state index is 0.0544. The van der Waals surface area contributed by atoms with Gasteiger partial charge in [0, 0.05) is 23.7 Å². The maximum absolute atomic E-state index is 12.3. The van der Waals surface area contributed by atoms with Crippen LogP contribution in [0.25, 0.3) is 0 Å². The Labute approximate surface area is 161 Å². The molecular weight excluding hydrogens is 377 g/mol. The number of halogens is 2. The Morgan fingerprint density at radius 3 is 2.62 bits per heavy atom. The van der Waals surface area contributed by atoms with Gasteiger partial charge in [-0.15, -0.1) is 0 Å². The van der Waals surface area contributed by atoms with Crippen molar-refractivity contribution in [1.29, 1.82) is 0 Å². The number of benzene rings is 2. The lowest BCUT2D eigenvalue weighted by molar-refractivity contribution is -0.117. The molecule has 3 rings (SSSR count). The topological polar surface area (TPSA) is 70.7 Å². The highest BCUT2D eigenvalue weighted by Crippen LogP contribution is 2.26. The largest absolute Gasteiger partial charge is 0.497 e. The van der Waals surface area contributed by atoms with E-state index in [1.807, 2.05) is 12.1 Å². The molecule has 0 spiro atoms. The van der Waals surface area contributed by atoms with Gasteiger partial charge in [-0.25, -0.2) is 4.79 Å². The number of amides is 3. The SMILES string of the molecule is COc1ccc(N2C[C@@H](NC(=O)Nc3cc(Cl)ccc3Cl)CC2=O)cc1. The Balaban J connectivity index is 1.61. The van der Waals surface area contributed by atoms with Gasteiger partial charge in [0.25, 0.3) is 0 Å². The molecule has 0 radical (unpaired) electrons. The van der Waals surface area contributed by atoms with Crippen molar-refractivity contribution in [2.45, 2.75) is 12.5 Å². The third kappa shape index (κ3) is 4.20. The molecule has 1 fully saturated rings. The van der Waals surface area contributed by atoms with E-state index < -0.39 is 6.03 Å². The van der Waals surface area contributed by atoms with Crippen LogP contribution in [0.15, 0.2) is 42.5 Å². The fourth-order valence-electron chi connectivity index (χ4n) is 2.75. The van der Waals surface area contributed by atoms with Crippen LogP contribution in [0.2, 0.25) is 10.0 Å². The zero-order valence-corrected chi connectivity index (χ0v) is 15.5. The molecule has 3 amide bonds. The lowest BCUT2D eigenvalue weighted by Crippen LogP contribution is -2.39. The Morgan fingerprint density at radius 1 is 1.19 bits per heavy atom. The van der Waals surface area contributed by atoms with Crippen molar-refractivity contribution in [1.82, 2.24) is 5.32 Å². The van der Waals surface area contributed by atoms with E-state index in [0.29, 0.717) is 28.0 Å². The highest BCUT2D eigenvalue weighted by atomic mass is 35.5. The summed E-state index contributed by atoms with van der Waals surface area (Å²) in [6.07, 6.45) is 0.225. The van der Waals surface area contributed by atoms with E-state index in [-0.39, 0.29) is 18.4 Å². The summed E-state index contributed by atoms with van der Waals surface area (Å²) < 4.78 is 5.12. The second-order valence-electron chi connectivity index (χ2n) is 5.83. The maximum Gasteiger partial charge on any atom is 0.319 e. The molecule has 2 N–H and O–H groups in total. The molecule has 0 unspecified atom stereocenters. The van der Waals surface area contributed by atoms with Gasteiger partial charge < -0.3 is 20.3 Å². The number of nitrogens with zero attached hydrogens (tertiary/aromatic N) is 1. The standard InChI is InChI=1S/C18H17Cl2N3O3/c1-26-14-5-3-13(4-6-14)23-10-12(9-17(23)24)21-18(25)22-16-8-11(19)2-7-15(16)20/h2-8,12H,9-10H2,1H3,(H2,21,22,25)/t12-/m0/s1. The van der Waals surface area contributed by atoms with Gasteiger partial charge in [-0.2, -0.15) is 0 Å². The molecule has 26 heavy (non-hydrogen) atoms. The number of carbonyl (C=O) groups is 2. The van der Waals surface area contributed by atoms with Crippen molar-refractivity contribution < 1.29 is 14.3 Å². The van der Waals surface area contributed by atoms with E-state index in [1.165, 1.54) is 0 Å². The van der Waals surface area contributed by atoms with Crippen molar-refractivity contribution in [2.24, 2.45) is 0 Å². The van der Waals surface area contributed by atoms with Crippen molar-refractivity contribution >= 4 is 46.5 Å². The average Bonchev–Trinajstić information content (AvgIpc) is 2.98. The Bertz CT molecular complexity index is 827. The Kier molecular flexibility index (Phi) is 5.54. The monoisotopic (exact) mass is 393 g/mol. The second kappa shape index (κ2) is 7.85. The summed E-state index contributed by atoms with van der Waals surface area (Å²) in [4.78, 5) is 26.1. The molecule has 0 aromatic heterocycles. The summed E-state index contributed by atoms with van der Waals surface area (Å²) in [7, 11) is 1.58. The maximum atomic E-state index is 12.3. The van der Waals surface area contributed by atoms with Gasteiger partial charge in [0.15, 0.2) is 0 Å². The van der Waals surface area contributed by atoms with E-state index in [9.17, 15) is 9.59 Å². The van der Waals surface area contributed by atoms with Crippen LogP contribution in [-0.2, 0) is 4.79 Å². The summed E-state index contributed by atoms with van der Waals surface area (Å²) in [5.41, 5.74) is 1.17. The lowest BCUT2D eigenvalue weighted by Gasteiger charge is -2.18. The highest BCUT2D eigenvalue weighted by molar-refractivity contribution is 6.35. The molecule has 1 aliphatic heterocycles. The third-order valence-electron chi connectivity index (χ3n) is 4.02. The predicted octanol–water partition coefficient (Wildman–Crippen LogP) is 3.93. The molecule has 0 aliphatic carbocycles. The molecule has 1 heterocycles. The summed E-state index contributed by atoms with van der Waals surface area (Å²) in [6.45, 7) is 0.391. The van der Waals surface area contributed by atoms with Crippen LogP contribution in [0.1, 0.15) is 6.42 Å². The minimum Gasteiger partial charge on any atom is -0.497 e. The molecular formula is C18H17Cl2N3O3. The fraction of sp³-hybridized carbons (Fsp3) is 0.222. The first kappa shape index (κ1) is 18.4. The first-order valence-electron chi connectivity index (χ1n) is 7.93. The van der Waals surface area contributed by atoms with Gasteiger partial charge in [-0.3, -0.25) is 4.79 Å². The van der Waals surface area contributed by atoms with Gasteiger partial charge in [0.1, 0.15) is 5.75 Å². The fourth-order valence-corrected chi connectivity index (χ4v) is 3.09. The molecule has 6 nitrogen and oxygen atoms in total. The van der Waals surface area contributed by atoms with Crippen LogP contribution in [0, 0.1) is 0 Å². The van der Waals surface area contributed by atoms with Crippen molar-refractivity contribution in [3.8, 4) is 5.75 Å². The Hall–Kier alpha value is -2.44. The second-order valence-corrected chi connectivity index (χ2v) is 6.67. The molecule has 2 aromatic carbocycles. The predicted molar refractivity (Wildman–Crippen MR) is 102 cm³/mol. The minimum atomic E-state index is -0.441. The van der Waals surface area contributed by atoms with Crippen LogP contribution in [0.5, 0.6) is 5.75 Å². The van der Waals surface area contributed by atoms with Crippen LogP contribution in [-0.4, -0.2) is 31.6 Å². The molecule has 1 saturated heterocycles. The molecule has 8 heteroatoms. The summed E-state index contributed by atoms with van der Waals surface area (Å²) >= 11 is 11.9. The molecule has 0 bridgehead atoms. The van der Waals surface area contributed by atoms with Crippen molar-refractivity contribution in [3.63, 3.8) is 0 Å². The van der Waals surface area contributed by atoms with Crippen LogP contribution in [0.4, 0.5) is 16.2 Å². The summed E-state index contributed by atoms with van der Waals surface area (Å²) in [5, 5.41) is 6.28. The van der Waals surface area contributed by atoms with Gasteiger partial charge in [0.05, 0.1) is 23.9 Å². The number of hydrogen-bond acceptors (Lipinski definition) is 3. The van der Waals surface area contributed by atoms with Crippen LogP contribution < -0.4 is 20.3 Å². The number of ether oxygens (including phenoxy) is 1. The van der Waals surface area contributed by atoms with Gasteiger partial charge >= 0.3 is 6.03 Å². The Morgan fingerprint density at radius 2 is 1.92 bits per heavy atom. The van der Waals surface area contributed by atoms with E-state index in [1.54, 1.807) is 42.3 Å². The molecule has 2 aromatic rings. The van der Waals surface area contributed by atoms with E-state index >= 15 is 0 Å². The van der Waals surface area contributed by atoms with E-state index in [2.05, 4.69) is 10.6 Å². The number of rotatable bonds is 4. The first-order valence-corrected chi connectivity index (χ1v) is 8.69. The number of anilines is 2. The molecule has 136 valence electrons. The van der Waals surface area contributed by atoms with E-state index in [4.69, 9.17) is 27.9 Å². The number of methoxy groups -OCH3 is 1. The zero-order chi connectivity index (χ0) is 18.7. The highest BCUT2D eigenvalue weighted by Gasteiger charge is 2.31. The normalized spacial score (nSPS) is 16.5. The zero-order valence-electron chi connectivity index (χ0n) is 14.0. The van der Waals surface area contributed by atoms with Gasteiger partial charge in [-0.1, -0.05) is 23.2 Å². The van der Waals surface area contributed by atoms with Crippen LogP contribution >= 0.6 is 23.2 Å².